The Labute approximate surface area is 280 Å². The molecule has 3 aliphatic heterocycles. The molecule has 7 rings (SSSR count). The van der Waals surface area contributed by atoms with Gasteiger partial charge in [-0.2, -0.15) is 9.97 Å². The molecule has 7 nitrogen and oxygen atoms in total. The molecule has 2 saturated heterocycles. The van der Waals surface area contributed by atoms with Gasteiger partial charge in [0.25, 0.3) is 0 Å². The zero-order valence-electron chi connectivity index (χ0n) is 26.7. The zero-order valence-corrected chi connectivity index (χ0v) is 27.4. The molecule has 3 aliphatic rings. The van der Waals surface area contributed by atoms with E-state index in [9.17, 15) is 9.18 Å². The Morgan fingerprint density at radius 2 is 1.62 bits per heavy atom. The minimum absolute atomic E-state index is 0.0720. The number of hydrogen-bond donors (Lipinski definition) is 1. The molecule has 1 aromatic heterocycles. The lowest BCUT2D eigenvalue weighted by atomic mass is 9.91. The molecule has 4 heterocycles. The summed E-state index contributed by atoms with van der Waals surface area (Å²) in [4.78, 5) is 33.0. The number of halogens is 2. The third-order valence-electron chi connectivity index (χ3n) is 9.78. The average molecular weight is 652 g/mol. The van der Waals surface area contributed by atoms with E-state index in [1.54, 1.807) is 24.4 Å². The molecule has 1 unspecified atom stereocenters. The number of rotatable bonds is 8. The van der Waals surface area contributed by atoms with E-state index in [4.69, 9.17) is 21.6 Å². The molecule has 9 heteroatoms. The third-order valence-corrected chi connectivity index (χ3v) is 10.0. The van der Waals surface area contributed by atoms with E-state index in [0.29, 0.717) is 28.8 Å². The van der Waals surface area contributed by atoms with Crippen molar-refractivity contribution in [2.24, 2.45) is 10.9 Å². The topological polar surface area (TPSA) is 78.3 Å². The first-order valence-electron chi connectivity index (χ1n) is 16.9. The molecule has 0 radical (unpaired) electrons. The number of nitrogens with zero attached hydrogens (tertiary/aromatic N) is 5. The van der Waals surface area contributed by atoms with E-state index in [2.05, 4.69) is 14.8 Å². The largest absolute Gasteiger partial charge is 0.331 e. The van der Waals surface area contributed by atoms with E-state index in [1.165, 1.54) is 38.4 Å². The normalized spacial score (nSPS) is 18.9. The van der Waals surface area contributed by atoms with E-state index in [-0.39, 0.29) is 17.5 Å². The monoisotopic (exact) mass is 651 g/mol. The fourth-order valence-corrected chi connectivity index (χ4v) is 7.30. The summed E-state index contributed by atoms with van der Waals surface area (Å²) in [6.07, 6.45) is 8.75. The van der Waals surface area contributed by atoms with E-state index < -0.39 is 0 Å². The van der Waals surface area contributed by atoms with E-state index in [0.717, 1.165) is 79.1 Å². The number of quaternary nitrogens is 1. The Morgan fingerprint density at radius 1 is 0.851 bits per heavy atom. The Kier molecular flexibility index (Phi) is 9.81. The van der Waals surface area contributed by atoms with Crippen LogP contribution in [0.15, 0.2) is 77.9 Å². The first kappa shape index (κ1) is 31.8. The maximum Gasteiger partial charge on any atom is 0.331 e. The predicted molar refractivity (Wildman–Crippen MR) is 184 cm³/mol. The highest BCUT2D eigenvalue weighted by molar-refractivity contribution is 6.31. The molecular weight excluding hydrogens is 611 g/mol. The molecule has 0 aliphatic carbocycles. The molecule has 0 bridgehead atoms. The van der Waals surface area contributed by atoms with Crippen molar-refractivity contribution in [1.82, 2.24) is 19.8 Å². The first-order chi connectivity index (χ1) is 23.0. The summed E-state index contributed by atoms with van der Waals surface area (Å²) in [6, 6.07) is 20.0. The van der Waals surface area contributed by atoms with Crippen LogP contribution < -0.4 is 5.32 Å². The Hall–Kier alpha value is -3.82. The van der Waals surface area contributed by atoms with Crippen molar-refractivity contribution >= 4 is 34.7 Å². The van der Waals surface area contributed by atoms with Gasteiger partial charge in [0.1, 0.15) is 11.5 Å². The second kappa shape index (κ2) is 14.5. The van der Waals surface area contributed by atoms with Gasteiger partial charge in [-0.05, 0) is 94.7 Å². The molecular formula is C38H41ClFN6O+. The third kappa shape index (κ3) is 7.36. The number of piperidine rings is 1. The number of hydrogen-bond acceptors (Lipinski definition) is 6. The minimum Gasteiger partial charge on any atom is -0.302 e. The Balaban J connectivity index is 1.02. The van der Waals surface area contributed by atoms with Gasteiger partial charge in [-0.1, -0.05) is 36.2 Å². The Morgan fingerprint density at radius 3 is 2.43 bits per heavy atom. The zero-order chi connectivity index (χ0) is 32.2. The first-order valence-corrected chi connectivity index (χ1v) is 17.3. The van der Waals surface area contributed by atoms with Gasteiger partial charge in [-0.15, -0.1) is 0 Å². The van der Waals surface area contributed by atoms with Crippen molar-refractivity contribution in [3.8, 4) is 11.3 Å². The quantitative estimate of drug-likeness (QED) is 0.172. The summed E-state index contributed by atoms with van der Waals surface area (Å²) >= 11 is 6.41. The summed E-state index contributed by atoms with van der Waals surface area (Å²) in [5, 5.41) is 2.46. The van der Waals surface area contributed by atoms with Crippen molar-refractivity contribution in [2.45, 2.75) is 45.1 Å². The molecule has 2 fully saturated rings. The minimum atomic E-state index is -0.339. The number of Topliss-reactive ketones (excluding diaryl/α,β-unsaturated/α-hetero) is 1. The highest BCUT2D eigenvalue weighted by atomic mass is 35.5. The summed E-state index contributed by atoms with van der Waals surface area (Å²) in [5.41, 5.74) is 5.81. The van der Waals surface area contributed by atoms with Gasteiger partial charge in [0.2, 0.25) is 0 Å². The van der Waals surface area contributed by atoms with E-state index in [1.807, 2.05) is 47.8 Å². The Bertz CT molecular complexity index is 1770. The molecule has 4 aromatic rings. The maximum absolute atomic E-state index is 14.9. The number of aliphatic imine (C=N–C) groups is 1. The number of likely N-dealkylation sites (tertiary alicyclic amines) is 2. The number of carbonyl (C=O) groups is 1. The maximum atomic E-state index is 14.9. The van der Waals surface area contributed by atoms with Gasteiger partial charge in [0.05, 0.1) is 18.0 Å². The van der Waals surface area contributed by atoms with Crippen molar-refractivity contribution in [2.75, 3.05) is 39.3 Å². The fraction of sp³-hybridized carbons (Fsp3) is 0.368. The predicted octanol–water partition coefficient (Wildman–Crippen LogP) is 6.58. The second-order valence-corrected chi connectivity index (χ2v) is 13.4. The van der Waals surface area contributed by atoms with Gasteiger partial charge >= 0.3 is 5.95 Å². The number of carbonyl (C=O) groups excluding carboxylic acids is 1. The van der Waals surface area contributed by atoms with Crippen LogP contribution in [0, 0.1) is 11.7 Å². The van der Waals surface area contributed by atoms with Gasteiger partial charge in [-0.25, -0.2) is 9.71 Å². The molecule has 1 atom stereocenters. The summed E-state index contributed by atoms with van der Waals surface area (Å²) < 4.78 is 14.9. The highest BCUT2D eigenvalue weighted by Crippen LogP contribution is 2.34. The van der Waals surface area contributed by atoms with Crippen LogP contribution in [0.25, 0.3) is 11.3 Å². The van der Waals surface area contributed by atoms with Crippen molar-refractivity contribution in [3.05, 3.63) is 106 Å². The van der Waals surface area contributed by atoms with Gasteiger partial charge in [-0.3, -0.25) is 9.79 Å². The molecule has 242 valence electrons. The number of aromatic nitrogens is 2. The smallest absolute Gasteiger partial charge is 0.302 e. The number of ketones is 1. The number of nitrogens with two attached hydrogens (primary N) is 1. The SMILES string of the molecule is O=C(c1ccc([NH2+]c2ncc3c(n2)-c2ccc(Cl)cc2C(c2ccccc2F)=NC3)cc1)C1CCCN(CCN2CCCCC2)CC1. The molecule has 0 amide bonds. The van der Waals surface area contributed by atoms with Crippen LogP contribution in [-0.4, -0.2) is 70.5 Å². The lowest BCUT2D eigenvalue weighted by molar-refractivity contribution is -0.487. The van der Waals surface area contributed by atoms with Crippen molar-refractivity contribution in [3.63, 3.8) is 0 Å². The lowest BCUT2D eigenvalue weighted by Crippen LogP contribution is -2.72. The number of fused-ring (bicyclic) bond motifs is 3. The fourth-order valence-electron chi connectivity index (χ4n) is 7.13. The van der Waals surface area contributed by atoms with Gasteiger partial charge in [0, 0.05) is 70.2 Å². The van der Waals surface area contributed by atoms with Crippen LogP contribution in [0.1, 0.15) is 65.6 Å². The molecule has 2 N–H and O–H groups in total. The summed E-state index contributed by atoms with van der Waals surface area (Å²) in [5.74, 6) is 0.528. The standard InChI is InChI=1S/C38H40ClFN6O/c39-29-12-15-31-33(23-29)36(32-8-2-3-9-34(32)40)41-24-28-25-42-38(44-35(28)31)43-30-13-10-27(11-14-30)37(47)26-7-6-19-46(20-16-26)22-21-45-17-4-1-5-18-45/h2-3,8-15,23,25-26H,1,4-7,16-22,24H2,(H,42,43,44)/p+1. The average Bonchev–Trinajstić information content (AvgIpc) is 3.43. The summed E-state index contributed by atoms with van der Waals surface area (Å²) in [7, 11) is 0. The molecule has 0 spiro atoms. The van der Waals surface area contributed by atoms with Crippen molar-refractivity contribution < 1.29 is 14.5 Å². The lowest BCUT2D eigenvalue weighted by Gasteiger charge is -2.29. The van der Waals surface area contributed by atoms with Crippen LogP contribution in [0.3, 0.4) is 0 Å². The van der Waals surface area contributed by atoms with E-state index >= 15 is 0 Å². The van der Waals surface area contributed by atoms with Gasteiger partial charge in [0.15, 0.2) is 5.78 Å². The van der Waals surface area contributed by atoms with Crippen molar-refractivity contribution in [1.29, 1.82) is 0 Å². The van der Waals surface area contributed by atoms with Crippen LogP contribution in [0.4, 0.5) is 16.0 Å². The summed E-state index contributed by atoms with van der Waals surface area (Å²) in [6.45, 7) is 7.12. The van der Waals surface area contributed by atoms with Crippen LogP contribution in [0.2, 0.25) is 5.02 Å². The molecule has 47 heavy (non-hydrogen) atoms. The number of benzene rings is 3. The van der Waals surface area contributed by atoms with Crippen LogP contribution in [-0.2, 0) is 6.54 Å². The molecule has 0 saturated carbocycles. The molecule has 3 aromatic carbocycles. The van der Waals surface area contributed by atoms with Crippen LogP contribution >= 0.6 is 11.6 Å². The van der Waals surface area contributed by atoms with Gasteiger partial charge < -0.3 is 9.80 Å². The highest BCUT2D eigenvalue weighted by Gasteiger charge is 2.26. The van der Waals surface area contributed by atoms with Crippen LogP contribution in [0.5, 0.6) is 0 Å². The second-order valence-electron chi connectivity index (χ2n) is 12.9.